The first kappa shape index (κ1) is 19.0. The highest BCUT2D eigenvalue weighted by Crippen LogP contribution is 2.35. The van der Waals surface area contributed by atoms with Gasteiger partial charge in [0.1, 0.15) is 24.1 Å². The predicted octanol–water partition coefficient (Wildman–Crippen LogP) is 1.94. The highest BCUT2D eigenvalue weighted by Gasteiger charge is 2.40. The summed E-state index contributed by atoms with van der Waals surface area (Å²) in [6.07, 6.45) is 3.85. The number of carbonyl (C=O) groups is 2. The summed E-state index contributed by atoms with van der Waals surface area (Å²) in [6, 6.07) is 1.52. The first-order chi connectivity index (χ1) is 13.4. The largest absolute Gasteiger partial charge is 0.444 e. The Labute approximate surface area is 164 Å². The topological polar surface area (TPSA) is 109 Å². The maximum atomic E-state index is 12.4. The Kier molecular flexibility index (Phi) is 5.18. The van der Waals surface area contributed by atoms with Gasteiger partial charge in [0.2, 0.25) is 5.91 Å². The molecule has 0 unspecified atom stereocenters. The quantitative estimate of drug-likeness (QED) is 0.684. The molecule has 1 aromatic heterocycles. The highest BCUT2D eigenvalue weighted by atomic mass is 16.6. The van der Waals surface area contributed by atoms with Crippen molar-refractivity contribution in [2.45, 2.75) is 69.7 Å². The molecule has 0 spiro atoms. The lowest BCUT2D eigenvalue weighted by Crippen LogP contribution is -2.39. The molecule has 3 fully saturated rings. The van der Waals surface area contributed by atoms with Crippen molar-refractivity contribution in [2.24, 2.45) is 0 Å². The number of alkyl carbamates (subject to hydrolysis) is 1. The van der Waals surface area contributed by atoms with Crippen LogP contribution in [-0.4, -0.2) is 64.5 Å². The van der Waals surface area contributed by atoms with E-state index in [9.17, 15) is 9.59 Å². The van der Waals surface area contributed by atoms with Crippen molar-refractivity contribution in [1.29, 1.82) is 0 Å². The number of rotatable bonds is 6. The average Bonchev–Trinajstić information content (AvgIpc) is 3.16. The molecular weight excluding hydrogens is 362 g/mol. The van der Waals surface area contributed by atoms with Crippen LogP contribution in [-0.2, 0) is 14.3 Å². The van der Waals surface area contributed by atoms with E-state index in [4.69, 9.17) is 9.47 Å². The van der Waals surface area contributed by atoms with E-state index in [1.165, 1.54) is 0 Å². The van der Waals surface area contributed by atoms with E-state index in [1.54, 1.807) is 0 Å². The second-order valence-electron chi connectivity index (χ2n) is 8.38. The number of likely N-dealkylation sites (tertiary alicyclic amines) is 1. The normalized spacial score (nSPS) is 26.7. The highest BCUT2D eigenvalue weighted by molar-refractivity contribution is 5.84. The number of ether oxygens (including phenoxy) is 2. The molecule has 3 aliphatic rings. The number of aromatic nitrogens is 2. The number of nitrogens with one attached hydrogen (secondary N) is 3. The van der Waals surface area contributed by atoms with Crippen molar-refractivity contribution in [2.75, 3.05) is 25.0 Å². The number of H-pyrrole nitrogens is 1. The summed E-state index contributed by atoms with van der Waals surface area (Å²) in [7, 11) is 0. The third-order valence-corrected chi connectivity index (χ3v) is 5.73. The van der Waals surface area contributed by atoms with Crippen molar-refractivity contribution in [3.05, 3.63) is 11.8 Å². The number of nitrogens with zero attached hydrogens (tertiary/aromatic N) is 2. The smallest absolute Gasteiger partial charge is 0.407 e. The lowest BCUT2D eigenvalue weighted by Gasteiger charge is -2.20. The van der Waals surface area contributed by atoms with Gasteiger partial charge in [-0.15, -0.1) is 0 Å². The Balaban J connectivity index is 1.26. The van der Waals surface area contributed by atoms with E-state index in [0.717, 1.165) is 44.5 Å². The molecule has 4 rings (SSSR count). The van der Waals surface area contributed by atoms with Crippen LogP contribution in [0.3, 0.4) is 0 Å². The lowest BCUT2D eigenvalue weighted by atomic mass is 10.1. The van der Waals surface area contributed by atoms with Gasteiger partial charge in [0.15, 0.2) is 0 Å². The molecule has 3 N–H and O–H groups in total. The van der Waals surface area contributed by atoms with Gasteiger partial charge in [-0.25, -0.2) is 4.79 Å². The van der Waals surface area contributed by atoms with E-state index in [1.807, 2.05) is 24.8 Å². The molecule has 1 aliphatic carbocycles. The Bertz CT molecular complexity index is 726. The predicted molar refractivity (Wildman–Crippen MR) is 102 cm³/mol. The summed E-state index contributed by atoms with van der Waals surface area (Å²) in [5, 5.41) is 13.3. The SMILES string of the molecule is C[C@H](Nc1cc([C@H]2C[C@@H](OC(=O)NC3(C)CC3)CO2)[nH]n1)C(=O)N1CCCC1. The van der Waals surface area contributed by atoms with Crippen LogP contribution in [0, 0.1) is 0 Å². The molecule has 0 aromatic carbocycles. The fraction of sp³-hybridized carbons (Fsp3) is 0.737. The standard InChI is InChI=1S/C19H29N5O4/c1-12(17(25)24-7-3-4-8-24)20-16-10-14(22-23-16)15-9-13(11-27-15)28-18(26)21-19(2)5-6-19/h10,12-13,15H,3-9,11H2,1-2H3,(H,21,26)(H2,20,22,23)/t12-,13+,15+/m0/s1. The third kappa shape index (κ3) is 4.40. The molecule has 1 saturated carbocycles. The van der Waals surface area contributed by atoms with Crippen molar-refractivity contribution in [3.63, 3.8) is 0 Å². The minimum absolute atomic E-state index is 0.0942. The van der Waals surface area contributed by atoms with Crippen molar-refractivity contribution in [1.82, 2.24) is 20.4 Å². The Morgan fingerprint density at radius 2 is 2.14 bits per heavy atom. The molecule has 9 nitrogen and oxygen atoms in total. The van der Waals surface area contributed by atoms with Crippen LogP contribution in [0.2, 0.25) is 0 Å². The van der Waals surface area contributed by atoms with Gasteiger partial charge in [-0.2, -0.15) is 5.10 Å². The molecule has 3 atom stereocenters. The van der Waals surface area contributed by atoms with Crippen LogP contribution < -0.4 is 10.6 Å². The number of aromatic amines is 1. The van der Waals surface area contributed by atoms with Gasteiger partial charge in [0.05, 0.1) is 12.3 Å². The summed E-state index contributed by atoms with van der Waals surface area (Å²) >= 11 is 0. The van der Waals surface area contributed by atoms with Gasteiger partial charge >= 0.3 is 6.09 Å². The van der Waals surface area contributed by atoms with Gasteiger partial charge in [0, 0.05) is 31.1 Å². The lowest BCUT2D eigenvalue weighted by molar-refractivity contribution is -0.130. The Morgan fingerprint density at radius 3 is 2.86 bits per heavy atom. The van der Waals surface area contributed by atoms with Crippen LogP contribution in [0.25, 0.3) is 0 Å². The molecule has 2 aliphatic heterocycles. The minimum Gasteiger partial charge on any atom is -0.444 e. The molecule has 2 amide bonds. The van der Waals surface area contributed by atoms with E-state index in [2.05, 4.69) is 20.8 Å². The van der Waals surface area contributed by atoms with E-state index in [-0.39, 0.29) is 35.8 Å². The first-order valence-electron chi connectivity index (χ1n) is 10.1. The summed E-state index contributed by atoms with van der Waals surface area (Å²) in [5.74, 6) is 0.713. The maximum Gasteiger partial charge on any atom is 0.407 e. The minimum atomic E-state index is -0.379. The van der Waals surface area contributed by atoms with Crippen LogP contribution in [0.5, 0.6) is 0 Å². The second-order valence-corrected chi connectivity index (χ2v) is 8.38. The number of hydrogen-bond donors (Lipinski definition) is 3. The van der Waals surface area contributed by atoms with Gasteiger partial charge in [-0.05, 0) is 39.5 Å². The number of amides is 2. The monoisotopic (exact) mass is 391 g/mol. The molecular formula is C19H29N5O4. The molecule has 3 heterocycles. The van der Waals surface area contributed by atoms with Gasteiger partial charge < -0.3 is 25.0 Å². The number of anilines is 1. The summed E-state index contributed by atoms with van der Waals surface area (Å²) < 4.78 is 11.2. The molecule has 28 heavy (non-hydrogen) atoms. The van der Waals surface area contributed by atoms with Crippen LogP contribution in [0.4, 0.5) is 10.6 Å². The second kappa shape index (κ2) is 7.62. The fourth-order valence-electron chi connectivity index (χ4n) is 3.71. The van der Waals surface area contributed by atoms with Crippen molar-refractivity contribution < 1.29 is 19.1 Å². The van der Waals surface area contributed by atoms with E-state index in [0.29, 0.717) is 18.8 Å². The molecule has 154 valence electrons. The summed E-state index contributed by atoms with van der Waals surface area (Å²) in [6.45, 7) is 5.89. The molecule has 2 saturated heterocycles. The van der Waals surface area contributed by atoms with Gasteiger partial charge in [0.25, 0.3) is 0 Å². The molecule has 0 radical (unpaired) electrons. The van der Waals surface area contributed by atoms with Gasteiger partial charge in [-0.1, -0.05) is 0 Å². The maximum absolute atomic E-state index is 12.4. The first-order valence-corrected chi connectivity index (χ1v) is 10.1. The van der Waals surface area contributed by atoms with E-state index < -0.39 is 0 Å². The summed E-state index contributed by atoms with van der Waals surface area (Å²) in [5.41, 5.74) is 0.715. The van der Waals surface area contributed by atoms with Crippen molar-refractivity contribution in [3.8, 4) is 0 Å². The van der Waals surface area contributed by atoms with Crippen molar-refractivity contribution >= 4 is 17.8 Å². The summed E-state index contributed by atoms with van der Waals surface area (Å²) in [4.78, 5) is 26.2. The zero-order valence-electron chi connectivity index (χ0n) is 16.5. The third-order valence-electron chi connectivity index (χ3n) is 5.73. The van der Waals surface area contributed by atoms with E-state index >= 15 is 0 Å². The van der Waals surface area contributed by atoms with Crippen LogP contribution >= 0.6 is 0 Å². The number of hydrogen-bond acceptors (Lipinski definition) is 6. The van der Waals surface area contributed by atoms with Crippen LogP contribution in [0.15, 0.2) is 6.07 Å². The Morgan fingerprint density at radius 1 is 1.39 bits per heavy atom. The fourth-order valence-corrected chi connectivity index (χ4v) is 3.71. The zero-order chi connectivity index (χ0) is 19.7. The molecule has 1 aromatic rings. The molecule has 9 heteroatoms. The average molecular weight is 391 g/mol. The number of carbonyl (C=O) groups excluding carboxylic acids is 2. The molecule has 0 bridgehead atoms. The van der Waals surface area contributed by atoms with Crippen LogP contribution in [0.1, 0.15) is 57.7 Å². The van der Waals surface area contributed by atoms with Gasteiger partial charge in [-0.3, -0.25) is 9.89 Å². The Hall–Kier alpha value is -2.29. The zero-order valence-corrected chi connectivity index (χ0v) is 16.5.